The topological polar surface area (TPSA) is 79.3 Å². The Morgan fingerprint density at radius 2 is 1.45 bits per heavy atom. The van der Waals surface area contributed by atoms with Gasteiger partial charge in [-0.05, 0) is 17.5 Å². The van der Waals surface area contributed by atoms with Gasteiger partial charge in [0.05, 0.1) is 12.6 Å². The van der Waals surface area contributed by atoms with Gasteiger partial charge in [0.25, 0.3) is 0 Å². The van der Waals surface area contributed by atoms with Gasteiger partial charge in [-0.1, -0.05) is 72.8 Å². The minimum atomic E-state index is -0.673. The van der Waals surface area contributed by atoms with Gasteiger partial charge in [-0.25, -0.2) is 19.6 Å². The molecule has 0 aliphatic carbocycles. The molecule has 0 fully saturated rings. The van der Waals surface area contributed by atoms with Crippen molar-refractivity contribution in [3.63, 3.8) is 0 Å². The first kappa shape index (κ1) is 20.4. The highest BCUT2D eigenvalue weighted by Gasteiger charge is 2.35. The van der Waals surface area contributed by atoms with E-state index in [1.807, 2.05) is 60.7 Å². The number of hydrazine groups is 1. The van der Waals surface area contributed by atoms with E-state index in [1.54, 1.807) is 12.2 Å². The van der Waals surface area contributed by atoms with E-state index in [4.69, 9.17) is 9.47 Å². The highest BCUT2D eigenvalue weighted by Crippen LogP contribution is 2.19. The van der Waals surface area contributed by atoms with Crippen LogP contribution in [0.25, 0.3) is 0 Å². The van der Waals surface area contributed by atoms with Gasteiger partial charge in [-0.3, -0.25) is 0 Å². The first-order chi connectivity index (χ1) is 14.2. The van der Waals surface area contributed by atoms with Crippen LogP contribution in [0.15, 0.2) is 72.8 Å². The minimum Gasteiger partial charge on any atom is -0.443 e. The molecule has 0 aromatic heterocycles. The Balaban J connectivity index is 1.68. The average Bonchev–Trinajstić information content (AvgIpc) is 2.77. The van der Waals surface area contributed by atoms with Gasteiger partial charge in [-0.2, -0.15) is 0 Å². The minimum absolute atomic E-state index is 0.0820. The molecule has 7 heteroatoms. The van der Waals surface area contributed by atoms with Gasteiger partial charge in [-0.15, -0.1) is 0 Å². The number of amides is 2. The van der Waals surface area contributed by atoms with Crippen LogP contribution in [0.3, 0.4) is 0 Å². The first-order valence-electron chi connectivity index (χ1n) is 9.44. The maximum Gasteiger partial charge on any atom is 0.429 e. The normalized spacial score (nSPS) is 15.8. The molecule has 1 N–H and O–H groups in total. The molecule has 1 unspecified atom stereocenters. The predicted molar refractivity (Wildman–Crippen MR) is 106 cm³/mol. The van der Waals surface area contributed by atoms with Crippen LogP contribution in [0.2, 0.25) is 0 Å². The lowest BCUT2D eigenvalue weighted by Gasteiger charge is -2.39. The second-order valence-electron chi connectivity index (χ2n) is 6.51. The van der Waals surface area contributed by atoms with Crippen molar-refractivity contribution in [2.45, 2.75) is 25.7 Å². The average molecular weight is 396 g/mol. The largest absolute Gasteiger partial charge is 0.443 e. The van der Waals surface area contributed by atoms with Crippen molar-refractivity contribution >= 4 is 12.2 Å². The highest BCUT2D eigenvalue weighted by molar-refractivity contribution is 5.75. The standard InChI is InChI=1S/C22H24N2O5/c25-15-13-20-12-7-14-23(21(26)28-16-18-8-3-1-4-9-18)24(20)22(27)29-17-19-10-5-2-6-11-19/h1-12,20,25H,13-17H2. The summed E-state index contributed by atoms with van der Waals surface area (Å²) in [5.74, 6) is 0. The Bertz CT molecular complexity index is 826. The Morgan fingerprint density at radius 1 is 0.897 bits per heavy atom. The number of nitrogens with zero attached hydrogens (tertiary/aromatic N) is 2. The van der Waals surface area contributed by atoms with Crippen molar-refractivity contribution in [2.24, 2.45) is 0 Å². The zero-order valence-corrected chi connectivity index (χ0v) is 16.0. The maximum absolute atomic E-state index is 12.8. The van der Waals surface area contributed by atoms with Crippen molar-refractivity contribution in [1.29, 1.82) is 0 Å². The van der Waals surface area contributed by atoms with Crippen LogP contribution in [0.4, 0.5) is 9.59 Å². The SMILES string of the molecule is O=C(OCc1ccccc1)N1CC=CC(CCO)N1C(=O)OCc1ccccc1. The van der Waals surface area contributed by atoms with E-state index in [0.717, 1.165) is 11.1 Å². The summed E-state index contributed by atoms with van der Waals surface area (Å²) in [5, 5.41) is 11.8. The molecule has 0 saturated carbocycles. The van der Waals surface area contributed by atoms with Crippen LogP contribution in [0, 0.1) is 0 Å². The molecule has 1 aliphatic rings. The van der Waals surface area contributed by atoms with Gasteiger partial charge in [0, 0.05) is 6.61 Å². The number of benzene rings is 2. The molecule has 1 atom stereocenters. The molecule has 152 valence electrons. The predicted octanol–water partition coefficient (Wildman–Crippen LogP) is 3.50. The number of carbonyl (C=O) groups is 2. The molecule has 1 heterocycles. The fourth-order valence-electron chi connectivity index (χ4n) is 2.99. The molecule has 0 saturated heterocycles. The Hall–Kier alpha value is -3.32. The van der Waals surface area contributed by atoms with E-state index in [9.17, 15) is 14.7 Å². The summed E-state index contributed by atoms with van der Waals surface area (Å²) in [7, 11) is 0. The molecular formula is C22H24N2O5. The van der Waals surface area contributed by atoms with Gasteiger partial charge >= 0.3 is 12.2 Å². The lowest BCUT2D eigenvalue weighted by Crippen LogP contribution is -2.56. The molecule has 1 aliphatic heterocycles. The summed E-state index contributed by atoms with van der Waals surface area (Å²) in [4.78, 5) is 25.5. The molecule has 2 amide bonds. The van der Waals surface area contributed by atoms with Crippen LogP contribution in [-0.2, 0) is 22.7 Å². The summed E-state index contributed by atoms with van der Waals surface area (Å²) < 4.78 is 10.8. The van der Waals surface area contributed by atoms with E-state index in [-0.39, 0.29) is 32.8 Å². The number of hydrogen-bond donors (Lipinski definition) is 1. The monoisotopic (exact) mass is 396 g/mol. The molecule has 2 aromatic rings. The first-order valence-corrected chi connectivity index (χ1v) is 9.44. The zero-order chi connectivity index (χ0) is 20.5. The fourth-order valence-corrected chi connectivity index (χ4v) is 2.99. The molecular weight excluding hydrogens is 372 g/mol. The molecule has 0 radical (unpaired) electrons. The Labute approximate surface area is 169 Å². The van der Waals surface area contributed by atoms with Crippen LogP contribution in [0.5, 0.6) is 0 Å². The molecule has 3 rings (SSSR count). The van der Waals surface area contributed by atoms with Crippen molar-refractivity contribution in [1.82, 2.24) is 10.0 Å². The van der Waals surface area contributed by atoms with E-state index in [1.165, 1.54) is 10.0 Å². The highest BCUT2D eigenvalue weighted by atomic mass is 16.6. The van der Waals surface area contributed by atoms with Crippen LogP contribution in [-0.4, -0.2) is 46.5 Å². The van der Waals surface area contributed by atoms with Gasteiger partial charge in [0.1, 0.15) is 13.2 Å². The third-order valence-corrected chi connectivity index (χ3v) is 4.44. The third-order valence-electron chi connectivity index (χ3n) is 4.44. The van der Waals surface area contributed by atoms with E-state index >= 15 is 0 Å². The molecule has 2 aromatic carbocycles. The van der Waals surface area contributed by atoms with Crippen molar-refractivity contribution in [3.05, 3.63) is 83.9 Å². The smallest absolute Gasteiger partial charge is 0.429 e. The van der Waals surface area contributed by atoms with Crippen molar-refractivity contribution in [3.8, 4) is 0 Å². The number of hydrogen-bond acceptors (Lipinski definition) is 5. The van der Waals surface area contributed by atoms with Crippen LogP contribution < -0.4 is 0 Å². The molecule has 0 bridgehead atoms. The maximum atomic E-state index is 12.8. The van der Waals surface area contributed by atoms with E-state index < -0.39 is 18.2 Å². The van der Waals surface area contributed by atoms with Gasteiger partial charge < -0.3 is 14.6 Å². The quantitative estimate of drug-likeness (QED) is 0.756. The van der Waals surface area contributed by atoms with E-state index in [2.05, 4.69) is 0 Å². The number of carbonyl (C=O) groups excluding carboxylic acids is 2. The number of aliphatic hydroxyl groups is 1. The van der Waals surface area contributed by atoms with Crippen molar-refractivity contribution in [2.75, 3.05) is 13.2 Å². The number of ether oxygens (including phenoxy) is 2. The number of rotatable bonds is 6. The second kappa shape index (κ2) is 10.3. The van der Waals surface area contributed by atoms with Gasteiger partial charge in [0.15, 0.2) is 0 Å². The summed E-state index contributed by atoms with van der Waals surface area (Å²) in [6, 6.07) is 18.1. The Morgan fingerprint density at radius 3 is 2.00 bits per heavy atom. The van der Waals surface area contributed by atoms with Crippen LogP contribution in [0.1, 0.15) is 17.5 Å². The number of aliphatic hydroxyl groups excluding tert-OH is 1. The lowest BCUT2D eigenvalue weighted by atomic mass is 10.1. The summed E-state index contributed by atoms with van der Waals surface area (Å²) in [6.07, 6.45) is 2.50. The van der Waals surface area contributed by atoms with Crippen molar-refractivity contribution < 1.29 is 24.2 Å². The second-order valence-corrected chi connectivity index (χ2v) is 6.51. The molecule has 7 nitrogen and oxygen atoms in total. The zero-order valence-electron chi connectivity index (χ0n) is 16.0. The van der Waals surface area contributed by atoms with Crippen LogP contribution >= 0.6 is 0 Å². The van der Waals surface area contributed by atoms with Gasteiger partial charge in [0.2, 0.25) is 0 Å². The molecule has 29 heavy (non-hydrogen) atoms. The third kappa shape index (κ3) is 5.58. The summed E-state index contributed by atoms with van der Waals surface area (Å²) >= 11 is 0. The summed E-state index contributed by atoms with van der Waals surface area (Å²) in [5.41, 5.74) is 1.68. The summed E-state index contributed by atoms with van der Waals surface area (Å²) in [6.45, 7) is 0.219. The lowest BCUT2D eigenvalue weighted by molar-refractivity contribution is -0.0422. The molecule has 0 spiro atoms. The van der Waals surface area contributed by atoms with E-state index in [0.29, 0.717) is 0 Å². The Kier molecular flexibility index (Phi) is 7.24. The fraction of sp³-hybridized carbons (Fsp3) is 0.273.